The van der Waals surface area contributed by atoms with Gasteiger partial charge in [-0.1, -0.05) is 102 Å². The summed E-state index contributed by atoms with van der Waals surface area (Å²) < 4.78 is 29.4. The molecule has 1 saturated carbocycles. The van der Waals surface area contributed by atoms with Crippen LogP contribution in [0.5, 0.6) is 0 Å². The molecule has 4 aromatic rings. The van der Waals surface area contributed by atoms with E-state index in [1.165, 1.54) is 29.2 Å². The molecule has 1 aliphatic rings. The summed E-state index contributed by atoms with van der Waals surface area (Å²) in [5, 5.41) is 4.19. The number of carbonyl (C=O) groups is 2. The molecule has 0 aliphatic heterocycles. The second-order valence-electron chi connectivity index (χ2n) is 11.7. The molecule has 11 heteroatoms. The third-order valence-electron chi connectivity index (χ3n) is 8.37. The largest absolute Gasteiger partial charge is 0.352 e. The number of anilines is 1. The Morgan fingerprint density at radius 2 is 1.45 bits per heavy atom. The van der Waals surface area contributed by atoms with Crippen molar-refractivity contribution in [2.24, 2.45) is 0 Å². The number of amides is 2. The first kappa shape index (κ1) is 34.8. The number of carbonyl (C=O) groups excluding carboxylic acids is 2. The zero-order chi connectivity index (χ0) is 33.6. The fourth-order valence-corrected chi connectivity index (χ4v) is 7.81. The number of nitrogens with zero attached hydrogens (tertiary/aromatic N) is 2. The van der Waals surface area contributed by atoms with Gasteiger partial charge in [0.25, 0.3) is 10.0 Å². The Morgan fingerprint density at radius 1 is 0.830 bits per heavy atom. The van der Waals surface area contributed by atoms with Gasteiger partial charge in [0.05, 0.1) is 10.6 Å². The van der Waals surface area contributed by atoms with Gasteiger partial charge in [-0.3, -0.25) is 13.9 Å². The highest BCUT2D eigenvalue weighted by Crippen LogP contribution is 2.30. The van der Waals surface area contributed by atoms with Gasteiger partial charge >= 0.3 is 0 Å². The molecule has 0 spiro atoms. The minimum atomic E-state index is -4.25. The minimum absolute atomic E-state index is 0.00374. The van der Waals surface area contributed by atoms with Gasteiger partial charge in [0.2, 0.25) is 11.8 Å². The summed E-state index contributed by atoms with van der Waals surface area (Å²) >= 11 is 19.3. The van der Waals surface area contributed by atoms with Crippen LogP contribution in [0.2, 0.25) is 15.1 Å². The minimum Gasteiger partial charge on any atom is -0.352 e. The topological polar surface area (TPSA) is 86.8 Å². The molecule has 0 radical (unpaired) electrons. The van der Waals surface area contributed by atoms with E-state index in [2.05, 4.69) is 5.32 Å². The zero-order valence-electron chi connectivity index (χ0n) is 25.9. The molecule has 1 atom stereocenters. The predicted molar refractivity (Wildman–Crippen MR) is 189 cm³/mol. The highest BCUT2D eigenvalue weighted by molar-refractivity contribution is 7.92. The van der Waals surface area contributed by atoms with Crippen molar-refractivity contribution in [3.05, 3.63) is 129 Å². The van der Waals surface area contributed by atoms with E-state index < -0.39 is 28.5 Å². The van der Waals surface area contributed by atoms with Crippen LogP contribution in [0.25, 0.3) is 0 Å². The molecule has 47 heavy (non-hydrogen) atoms. The van der Waals surface area contributed by atoms with Gasteiger partial charge in [-0.05, 0) is 73.9 Å². The van der Waals surface area contributed by atoms with Crippen LogP contribution in [-0.2, 0) is 32.6 Å². The van der Waals surface area contributed by atoms with Crippen molar-refractivity contribution in [1.82, 2.24) is 10.2 Å². The van der Waals surface area contributed by atoms with Gasteiger partial charge in [0.1, 0.15) is 12.6 Å². The standard InChI is InChI=1S/C36H36Cl3N3O4S/c1-25-14-18-29(19-15-25)42(47(45,46)30-20-16-27(37)17-21-30)24-35(43)41(23-31-32(38)12-7-13-33(31)39)34(22-26-8-3-2-4-9-26)36(44)40-28-10-5-6-11-28/h2-4,7-9,12-21,28,34H,5-6,10-11,22-24H2,1H3,(H,40,44). The van der Waals surface area contributed by atoms with Gasteiger partial charge in [0, 0.05) is 39.6 Å². The lowest BCUT2D eigenvalue weighted by Gasteiger charge is -2.34. The highest BCUT2D eigenvalue weighted by atomic mass is 35.5. The van der Waals surface area contributed by atoms with Crippen LogP contribution in [0.4, 0.5) is 5.69 Å². The Bertz CT molecular complexity index is 1780. The summed E-state index contributed by atoms with van der Waals surface area (Å²) in [6.45, 7) is 1.19. The quantitative estimate of drug-likeness (QED) is 0.162. The molecule has 0 saturated heterocycles. The van der Waals surface area contributed by atoms with E-state index in [0.29, 0.717) is 26.3 Å². The van der Waals surface area contributed by atoms with Gasteiger partial charge in [-0.15, -0.1) is 0 Å². The molecule has 246 valence electrons. The predicted octanol–water partition coefficient (Wildman–Crippen LogP) is 7.85. The Labute approximate surface area is 291 Å². The molecule has 0 bridgehead atoms. The summed E-state index contributed by atoms with van der Waals surface area (Å²) in [5.41, 5.74) is 2.51. The van der Waals surface area contributed by atoms with Gasteiger partial charge in [0.15, 0.2) is 0 Å². The van der Waals surface area contributed by atoms with Crippen LogP contribution in [0.15, 0.2) is 102 Å². The first-order valence-corrected chi connectivity index (χ1v) is 18.0. The molecule has 0 heterocycles. The Morgan fingerprint density at radius 3 is 2.06 bits per heavy atom. The van der Waals surface area contributed by atoms with Gasteiger partial charge < -0.3 is 10.2 Å². The normalized spacial score (nSPS) is 14.0. The fraction of sp³-hybridized carbons (Fsp3) is 0.278. The second kappa shape index (κ2) is 15.6. The van der Waals surface area contributed by atoms with Gasteiger partial charge in [-0.25, -0.2) is 8.42 Å². The van der Waals surface area contributed by atoms with Crippen LogP contribution in [0.3, 0.4) is 0 Å². The lowest BCUT2D eigenvalue weighted by atomic mass is 10.0. The van der Waals surface area contributed by atoms with E-state index in [1.807, 2.05) is 37.3 Å². The van der Waals surface area contributed by atoms with E-state index in [1.54, 1.807) is 42.5 Å². The molecular weight excluding hydrogens is 677 g/mol. The van der Waals surface area contributed by atoms with Crippen LogP contribution in [0.1, 0.15) is 42.4 Å². The number of aryl methyl sites for hydroxylation is 1. The number of rotatable bonds is 12. The Balaban J connectivity index is 1.59. The molecule has 2 amide bonds. The maximum absolute atomic E-state index is 14.7. The van der Waals surface area contributed by atoms with Crippen LogP contribution in [0, 0.1) is 6.92 Å². The van der Waals surface area contributed by atoms with Crippen molar-refractivity contribution in [2.75, 3.05) is 10.8 Å². The lowest BCUT2D eigenvalue weighted by molar-refractivity contribution is -0.140. The third-order valence-corrected chi connectivity index (χ3v) is 11.1. The van der Waals surface area contributed by atoms with Crippen molar-refractivity contribution >= 4 is 62.3 Å². The maximum Gasteiger partial charge on any atom is 0.264 e. The number of benzene rings is 4. The Kier molecular flexibility index (Phi) is 11.5. The molecule has 1 N–H and O–H groups in total. The molecule has 5 rings (SSSR count). The maximum atomic E-state index is 14.7. The Hall–Kier alpha value is -3.56. The SMILES string of the molecule is Cc1ccc(N(CC(=O)N(Cc2c(Cl)cccc2Cl)C(Cc2ccccc2)C(=O)NC2CCCC2)S(=O)(=O)c2ccc(Cl)cc2)cc1. The number of halogens is 3. The summed E-state index contributed by atoms with van der Waals surface area (Å²) in [5.74, 6) is -0.915. The average molecular weight is 713 g/mol. The van der Waals surface area contributed by atoms with E-state index in [4.69, 9.17) is 34.8 Å². The van der Waals surface area contributed by atoms with E-state index in [-0.39, 0.29) is 29.8 Å². The van der Waals surface area contributed by atoms with Gasteiger partial charge in [-0.2, -0.15) is 0 Å². The van der Waals surface area contributed by atoms with E-state index in [0.717, 1.165) is 41.1 Å². The second-order valence-corrected chi connectivity index (χ2v) is 14.8. The summed E-state index contributed by atoms with van der Waals surface area (Å²) in [7, 11) is -4.25. The zero-order valence-corrected chi connectivity index (χ0v) is 29.0. The smallest absolute Gasteiger partial charge is 0.264 e. The third kappa shape index (κ3) is 8.68. The highest BCUT2D eigenvalue weighted by Gasteiger charge is 2.36. The van der Waals surface area contributed by atoms with Crippen molar-refractivity contribution < 1.29 is 18.0 Å². The van der Waals surface area contributed by atoms with Crippen molar-refractivity contribution in [2.45, 2.75) is 62.6 Å². The molecule has 1 aliphatic carbocycles. The number of hydrogen-bond acceptors (Lipinski definition) is 4. The molecule has 1 unspecified atom stereocenters. The summed E-state index contributed by atoms with van der Waals surface area (Å²) in [6, 6.07) is 26.1. The molecule has 1 fully saturated rings. The number of hydrogen-bond donors (Lipinski definition) is 1. The number of nitrogens with one attached hydrogen (secondary N) is 1. The van der Waals surface area contributed by atoms with Crippen LogP contribution < -0.4 is 9.62 Å². The first-order chi connectivity index (χ1) is 22.5. The van der Waals surface area contributed by atoms with E-state index in [9.17, 15) is 18.0 Å². The summed E-state index contributed by atoms with van der Waals surface area (Å²) in [4.78, 5) is 30.2. The molecular formula is C36H36Cl3N3O4S. The molecule has 4 aromatic carbocycles. The number of sulfonamides is 1. The van der Waals surface area contributed by atoms with Crippen molar-refractivity contribution in [1.29, 1.82) is 0 Å². The van der Waals surface area contributed by atoms with Crippen LogP contribution >= 0.6 is 34.8 Å². The lowest BCUT2D eigenvalue weighted by Crippen LogP contribution is -2.54. The van der Waals surface area contributed by atoms with E-state index >= 15 is 0 Å². The molecule has 0 aromatic heterocycles. The van der Waals surface area contributed by atoms with Crippen molar-refractivity contribution in [3.8, 4) is 0 Å². The van der Waals surface area contributed by atoms with Crippen LogP contribution in [-0.4, -0.2) is 43.8 Å². The molecule has 7 nitrogen and oxygen atoms in total. The average Bonchev–Trinajstić information content (AvgIpc) is 3.57. The van der Waals surface area contributed by atoms with Crippen molar-refractivity contribution in [3.63, 3.8) is 0 Å². The fourth-order valence-electron chi connectivity index (χ4n) is 5.75. The summed E-state index contributed by atoms with van der Waals surface area (Å²) in [6.07, 6.45) is 3.94. The monoisotopic (exact) mass is 711 g/mol. The first-order valence-electron chi connectivity index (χ1n) is 15.4.